The molecule has 0 amide bonds. The molecule has 0 aliphatic carbocycles. The van der Waals surface area contributed by atoms with Gasteiger partial charge in [0.2, 0.25) is 0 Å². The van der Waals surface area contributed by atoms with Gasteiger partial charge in [-0.1, -0.05) is 48.5 Å². The lowest BCUT2D eigenvalue weighted by atomic mass is 9.81. The highest BCUT2D eigenvalue weighted by Crippen LogP contribution is 2.46. The predicted molar refractivity (Wildman–Crippen MR) is 91.2 cm³/mol. The van der Waals surface area contributed by atoms with Crippen LogP contribution in [0.1, 0.15) is 72.2 Å². The fourth-order valence-electron chi connectivity index (χ4n) is 3.49. The van der Waals surface area contributed by atoms with E-state index in [1.807, 2.05) is 33.9 Å². The first-order chi connectivity index (χ1) is 10.6. The standard InChI is InChI=1S/C14H22N2O2.2C2H6/c1-5-14(9(2)3)13-10(4)6-15-16(13)11-7-17-8-12(11)18-14;2*1-2/h6,9,11-12H,5,7-8H2,1-4H3;2*1-2H3. The molecule has 0 radical (unpaired) electrons. The summed E-state index contributed by atoms with van der Waals surface area (Å²) in [5.41, 5.74) is 2.28. The van der Waals surface area contributed by atoms with Crippen molar-refractivity contribution in [3.05, 3.63) is 17.5 Å². The smallest absolute Gasteiger partial charge is 0.113 e. The minimum atomic E-state index is -0.213. The zero-order valence-electron chi connectivity index (χ0n) is 15.6. The average molecular weight is 310 g/mol. The van der Waals surface area contributed by atoms with Crippen LogP contribution < -0.4 is 0 Å². The number of fused-ring (bicyclic) bond motifs is 3. The highest BCUT2D eigenvalue weighted by Gasteiger charge is 2.50. The maximum absolute atomic E-state index is 6.49. The minimum Gasteiger partial charge on any atom is -0.376 e. The van der Waals surface area contributed by atoms with Crippen molar-refractivity contribution in [2.75, 3.05) is 13.2 Å². The van der Waals surface area contributed by atoms with Crippen LogP contribution in [0.4, 0.5) is 0 Å². The van der Waals surface area contributed by atoms with Gasteiger partial charge in [0.25, 0.3) is 0 Å². The third kappa shape index (κ3) is 2.95. The van der Waals surface area contributed by atoms with Crippen molar-refractivity contribution in [2.24, 2.45) is 5.92 Å². The molecule has 0 bridgehead atoms. The Kier molecular flexibility index (Phi) is 7.07. The monoisotopic (exact) mass is 310 g/mol. The second-order valence-corrected chi connectivity index (χ2v) is 5.78. The summed E-state index contributed by atoms with van der Waals surface area (Å²) in [4.78, 5) is 0. The van der Waals surface area contributed by atoms with E-state index in [0.29, 0.717) is 12.5 Å². The zero-order valence-corrected chi connectivity index (χ0v) is 15.6. The van der Waals surface area contributed by atoms with E-state index >= 15 is 0 Å². The summed E-state index contributed by atoms with van der Waals surface area (Å²) in [6, 6.07) is 0.257. The van der Waals surface area contributed by atoms with Gasteiger partial charge < -0.3 is 9.47 Å². The van der Waals surface area contributed by atoms with Gasteiger partial charge in [0.1, 0.15) is 17.7 Å². The van der Waals surface area contributed by atoms with Crippen LogP contribution in [-0.2, 0) is 15.1 Å². The van der Waals surface area contributed by atoms with E-state index in [0.717, 1.165) is 13.0 Å². The van der Waals surface area contributed by atoms with E-state index < -0.39 is 0 Å². The molecule has 2 aliphatic heterocycles. The van der Waals surface area contributed by atoms with Crippen molar-refractivity contribution in [3.63, 3.8) is 0 Å². The second-order valence-electron chi connectivity index (χ2n) is 5.78. The molecule has 3 heterocycles. The van der Waals surface area contributed by atoms with E-state index in [1.165, 1.54) is 11.3 Å². The Morgan fingerprint density at radius 1 is 1.27 bits per heavy atom. The van der Waals surface area contributed by atoms with Gasteiger partial charge in [-0.2, -0.15) is 5.10 Å². The molecular formula is C18H34N2O2. The molecule has 0 spiro atoms. The first-order valence-electron chi connectivity index (χ1n) is 8.90. The van der Waals surface area contributed by atoms with Crippen molar-refractivity contribution in [2.45, 2.75) is 79.6 Å². The fourth-order valence-corrected chi connectivity index (χ4v) is 3.49. The molecule has 3 unspecified atom stereocenters. The van der Waals surface area contributed by atoms with Crippen molar-refractivity contribution in [1.29, 1.82) is 0 Å². The summed E-state index contributed by atoms with van der Waals surface area (Å²) < 4.78 is 14.2. The van der Waals surface area contributed by atoms with Gasteiger partial charge >= 0.3 is 0 Å². The van der Waals surface area contributed by atoms with Gasteiger partial charge in [0.05, 0.1) is 25.1 Å². The maximum Gasteiger partial charge on any atom is 0.113 e. The Labute approximate surface area is 136 Å². The second kappa shape index (κ2) is 8.11. The third-order valence-corrected chi connectivity index (χ3v) is 4.51. The third-order valence-electron chi connectivity index (χ3n) is 4.51. The first-order valence-corrected chi connectivity index (χ1v) is 8.90. The highest BCUT2D eigenvalue weighted by molar-refractivity contribution is 5.27. The normalized spacial score (nSPS) is 29.0. The van der Waals surface area contributed by atoms with Crippen LogP contribution in [-0.4, -0.2) is 29.1 Å². The summed E-state index contributed by atoms with van der Waals surface area (Å²) in [5, 5.41) is 4.58. The SMILES string of the molecule is CC.CC.CCC1(C(C)C)OC2COCC2n2ncc(C)c21. The van der Waals surface area contributed by atoms with Crippen molar-refractivity contribution >= 4 is 0 Å². The van der Waals surface area contributed by atoms with Crippen LogP contribution in [0.2, 0.25) is 0 Å². The van der Waals surface area contributed by atoms with E-state index in [-0.39, 0.29) is 17.7 Å². The minimum absolute atomic E-state index is 0.152. The topological polar surface area (TPSA) is 36.3 Å². The van der Waals surface area contributed by atoms with Gasteiger partial charge in [-0.25, -0.2) is 0 Å². The molecule has 4 nitrogen and oxygen atoms in total. The van der Waals surface area contributed by atoms with Crippen LogP contribution in [0, 0.1) is 12.8 Å². The van der Waals surface area contributed by atoms with Crippen LogP contribution in [0.3, 0.4) is 0 Å². The summed E-state index contributed by atoms with van der Waals surface area (Å²) in [6.45, 7) is 18.2. The van der Waals surface area contributed by atoms with E-state index in [4.69, 9.17) is 9.47 Å². The summed E-state index contributed by atoms with van der Waals surface area (Å²) in [7, 11) is 0. The molecule has 1 saturated heterocycles. The summed E-state index contributed by atoms with van der Waals surface area (Å²) >= 11 is 0. The Hall–Kier alpha value is -0.870. The van der Waals surface area contributed by atoms with Gasteiger partial charge in [0.15, 0.2) is 0 Å². The molecule has 0 N–H and O–H groups in total. The molecular weight excluding hydrogens is 276 g/mol. The largest absolute Gasteiger partial charge is 0.376 e. The lowest BCUT2D eigenvalue weighted by Gasteiger charge is -2.45. The number of ether oxygens (including phenoxy) is 2. The lowest BCUT2D eigenvalue weighted by molar-refractivity contribution is -0.162. The number of rotatable bonds is 2. The quantitative estimate of drug-likeness (QED) is 0.808. The van der Waals surface area contributed by atoms with Crippen LogP contribution in [0.25, 0.3) is 0 Å². The van der Waals surface area contributed by atoms with E-state index in [1.54, 1.807) is 0 Å². The predicted octanol–water partition coefficient (Wildman–Crippen LogP) is 4.48. The molecule has 0 aromatic carbocycles. The number of hydrogen-bond donors (Lipinski definition) is 0. The Morgan fingerprint density at radius 2 is 1.91 bits per heavy atom. The van der Waals surface area contributed by atoms with Gasteiger partial charge in [-0.3, -0.25) is 4.68 Å². The molecule has 1 aromatic heterocycles. The van der Waals surface area contributed by atoms with Crippen LogP contribution in [0.15, 0.2) is 6.20 Å². The molecule has 4 heteroatoms. The molecule has 1 aromatic rings. The zero-order chi connectivity index (χ0) is 16.9. The number of aryl methyl sites for hydroxylation is 1. The molecule has 2 aliphatic rings. The molecule has 1 fully saturated rings. The maximum atomic E-state index is 6.49. The Balaban J connectivity index is 0.000000561. The highest BCUT2D eigenvalue weighted by atomic mass is 16.6. The van der Waals surface area contributed by atoms with Gasteiger partial charge in [-0.05, 0) is 24.8 Å². The Morgan fingerprint density at radius 3 is 2.45 bits per heavy atom. The van der Waals surface area contributed by atoms with E-state index in [9.17, 15) is 0 Å². The molecule has 22 heavy (non-hydrogen) atoms. The fraction of sp³-hybridized carbons (Fsp3) is 0.833. The average Bonchev–Trinajstić information content (AvgIpc) is 3.17. The Bertz CT molecular complexity index is 456. The van der Waals surface area contributed by atoms with Gasteiger partial charge in [0, 0.05) is 0 Å². The first kappa shape index (κ1) is 19.2. The van der Waals surface area contributed by atoms with Gasteiger partial charge in [-0.15, -0.1) is 0 Å². The van der Waals surface area contributed by atoms with Crippen molar-refractivity contribution < 1.29 is 9.47 Å². The van der Waals surface area contributed by atoms with Crippen molar-refractivity contribution in [1.82, 2.24) is 9.78 Å². The summed E-state index contributed by atoms with van der Waals surface area (Å²) in [5.74, 6) is 0.429. The molecule has 3 rings (SSSR count). The van der Waals surface area contributed by atoms with Crippen LogP contribution in [0.5, 0.6) is 0 Å². The lowest BCUT2D eigenvalue weighted by Crippen LogP contribution is -2.48. The molecule has 128 valence electrons. The number of nitrogens with zero attached hydrogens (tertiary/aromatic N) is 2. The van der Waals surface area contributed by atoms with Crippen LogP contribution >= 0.6 is 0 Å². The number of aromatic nitrogens is 2. The van der Waals surface area contributed by atoms with E-state index in [2.05, 4.69) is 37.5 Å². The summed E-state index contributed by atoms with van der Waals surface area (Å²) in [6.07, 6.45) is 3.09. The number of hydrogen-bond acceptors (Lipinski definition) is 3. The molecule has 3 atom stereocenters. The van der Waals surface area contributed by atoms with Crippen molar-refractivity contribution in [3.8, 4) is 0 Å². The molecule has 0 saturated carbocycles.